The number of aliphatic carboxylic acids is 1. The molecule has 0 unspecified atom stereocenters. The van der Waals surface area contributed by atoms with Crippen molar-refractivity contribution in [3.05, 3.63) is 34.9 Å². The number of carbonyl (C=O) groups is 2. The van der Waals surface area contributed by atoms with Crippen LogP contribution in [0.1, 0.15) is 41.6 Å². The lowest BCUT2D eigenvalue weighted by atomic mass is 9.78. The molecule has 2 N–H and O–H groups in total. The van der Waals surface area contributed by atoms with Gasteiger partial charge in [-0.05, 0) is 18.9 Å². The van der Waals surface area contributed by atoms with Crippen LogP contribution in [0.5, 0.6) is 0 Å². The minimum absolute atomic E-state index is 0.226. The van der Waals surface area contributed by atoms with Gasteiger partial charge in [-0.25, -0.2) is 13.6 Å². The summed E-state index contributed by atoms with van der Waals surface area (Å²) < 4.78 is 27.2. The van der Waals surface area contributed by atoms with Gasteiger partial charge in [-0.1, -0.05) is 12.8 Å². The summed E-state index contributed by atoms with van der Waals surface area (Å²) in [7, 11) is 0. The monoisotopic (exact) mass is 270 g/mol. The maximum absolute atomic E-state index is 13.9. The fourth-order valence-electron chi connectivity index (χ4n) is 2.66. The maximum Gasteiger partial charge on any atom is 0.338 e. The third-order valence-electron chi connectivity index (χ3n) is 3.67. The van der Waals surface area contributed by atoms with Crippen molar-refractivity contribution < 1.29 is 28.6 Å². The molecule has 19 heavy (non-hydrogen) atoms. The van der Waals surface area contributed by atoms with Crippen LogP contribution >= 0.6 is 0 Å². The summed E-state index contributed by atoms with van der Waals surface area (Å²) in [6.45, 7) is 0. The van der Waals surface area contributed by atoms with Gasteiger partial charge in [-0.2, -0.15) is 0 Å². The van der Waals surface area contributed by atoms with Crippen molar-refractivity contribution >= 4 is 11.9 Å². The zero-order valence-electron chi connectivity index (χ0n) is 9.95. The average Bonchev–Trinajstić information content (AvgIpc) is 2.78. The molecule has 1 aliphatic rings. The van der Waals surface area contributed by atoms with E-state index >= 15 is 0 Å². The molecule has 102 valence electrons. The zero-order chi connectivity index (χ0) is 14.2. The van der Waals surface area contributed by atoms with Gasteiger partial charge in [0.2, 0.25) is 0 Å². The molecule has 0 bridgehead atoms. The standard InChI is InChI=1S/C13H12F2O4/c14-9-6-10(15)8(5-7(9)11(16)17)13(12(18)19)3-1-2-4-13/h5-6H,1-4H2,(H,16,17)(H,18,19). The molecule has 0 amide bonds. The summed E-state index contributed by atoms with van der Waals surface area (Å²) in [5.74, 6) is -4.96. The molecule has 0 radical (unpaired) electrons. The van der Waals surface area contributed by atoms with Crippen molar-refractivity contribution in [3.8, 4) is 0 Å². The van der Waals surface area contributed by atoms with E-state index in [-0.39, 0.29) is 18.4 Å². The van der Waals surface area contributed by atoms with Crippen LogP contribution in [0, 0.1) is 11.6 Å². The molecule has 6 heteroatoms. The van der Waals surface area contributed by atoms with Gasteiger partial charge < -0.3 is 10.2 Å². The molecule has 0 heterocycles. The molecule has 1 aromatic rings. The Morgan fingerprint density at radius 1 is 1.05 bits per heavy atom. The molecule has 2 rings (SSSR count). The van der Waals surface area contributed by atoms with Crippen molar-refractivity contribution in [1.29, 1.82) is 0 Å². The van der Waals surface area contributed by atoms with Crippen molar-refractivity contribution in [2.75, 3.05) is 0 Å². The fraction of sp³-hybridized carbons (Fsp3) is 0.385. The second-order valence-corrected chi connectivity index (χ2v) is 4.71. The number of carboxylic acids is 2. The number of benzene rings is 1. The largest absolute Gasteiger partial charge is 0.481 e. The van der Waals surface area contributed by atoms with Gasteiger partial charge >= 0.3 is 11.9 Å². The molecule has 0 aliphatic heterocycles. The van der Waals surface area contributed by atoms with Crippen LogP contribution in [0.25, 0.3) is 0 Å². The Labute approximate surface area is 107 Å². The second kappa shape index (κ2) is 4.60. The van der Waals surface area contributed by atoms with Gasteiger partial charge in [0, 0.05) is 11.6 Å². The van der Waals surface area contributed by atoms with Crippen LogP contribution in [0.2, 0.25) is 0 Å². The predicted molar refractivity (Wildman–Crippen MR) is 61.1 cm³/mol. The normalized spacial score (nSPS) is 17.4. The van der Waals surface area contributed by atoms with Gasteiger partial charge in [0.1, 0.15) is 11.6 Å². The summed E-state index contributed by atoms with van der Waals surface area (Å²) >= 11 is 0. The molecule has 0 atom stereocenters. The first-order valence-electron chi connectivity index (χ1n) is 5.85. The summed E-state index contributed by atoms with van der Waals surface area (Å²) in [5.41, 5.74) is -2.39. The highest BCUT2D eigenvalue weighted by molar-refractivity contribution is 5.89. The molecule has 4 nitrogen and oxygen atoms in total. The van der Waals surface area contributed by atoms with Crippen LogP contribution < -0.4 is 0 Å². The average molecular weight is 270 g/mol. The van der Waals surface area contributed by atoms with E-state index < -0.39 is 34.6 Å². The van der Waals surface area contributed by atoms with E-state index in [1.165, 1.54) is 0 Å². The van der Waals surface area contributed by atoms with E-state index in [4.69, 9.17) is 5.11 Å². The molecule has 1 saturated carbocycles. The van der Waals surface area contributed by atoms with Crippen molar-refractivity contribution in [3.63, 3.8) is 0 Å². The van der Waals surface area contributed by atoms with Crippen LogP contribution in [0.3, 0.4) is 0 Å². The van der Waals surface area contributed by atoms with Crippen LogP contribution in [0.15, 0.2) is 12.1 Å². The smallest absolute Gasteiger partial charge is 0.338 e. The SMILES string of the molecule is O=C(O)c1cc(C2(C(=O)O)CCCC2)c(F)cc1F. The summed E-state index contributed by atoms with van der Waals surface area (Å²) in [6, 6.07) is 1.26. The van der Waals surface area contributed by atoms with E-state index in [0.29, 0.717) is 18.9 Å². The lowest BCUT2D eigenvalue weighted by Crippen LogP contribution is -2.34. The highest BCUT2D eigenvalue weighted by atomic mass is 19.1. The molecular formula is C13H12F2O4. The molecular weight excluding hydrogens is 258 g/mol. The van der Waals surface area contributed by atoms with Gasteiger partial charge in [-0.3, -0.25) is 4.79 Å². The number of carboxylic acid groups (broad SMARTS) is 2. The number of hydrogen-bond donors (Lipinski definition) is 2. The first-order chi connectivity index (χ1) is 8.88. The van der Waals surface area contributed by atoms with E-state index in [0.717, 1.165) is 6.07 Å². The molecule has 1 aromatic carbocycles. The Kier molecular flexibility index (Phi) is 3.26. The number of aromatic carboxylic acids is 1. The van der Waals surface area contributed by atoms with Crippen LogP contribution in [-0.2, 0) is 10.2 Å². The Morgan fingerprint density at radius 2 is 1.63 bits per heavy atom. The topological polar surface area (TPSA) is 74.6 Å². The molecule has 0 saturated heterocycles. The Hall–Kier alpha value is -1.98. The minimum Gasteiger partial charge on any atom is -0.481 e. The first kappa shape index (κ1) is 13.5. The van der Waals surface area contributed by atoms with Gasteiger partial charge in [0.05, 0.1) is 11.0 Å². The minimum atomic E-state index is -1.54. The lowest BCUT2D eigenvalue weighted by molar-refractivity contribution is -0.143. The van der Waals surface area contributed by atoms with E-state index in [2.05, 4.69) is 0 Å². The van der Waals surface area contributed by atoms with Gasteiger partial charge in [-0.15, -0.1) is 0 Å². The van der Waals surface area contributed by atoms with E-state index in [1.807, 2.05) is 0 Å². The molecule has 0 spiro atoms. The second-order valence-electron chi connectivity index (χ2n) is 4.71. The molecule has 1 aliphatic carbocycles. The Balaban J connectivity index is 2.64. The summed E-state index contributed by atoms with van der Waals surface area (Å²) in [4.78, 5) is 22.3. The Morgan fingerprint density at radius 3 is 2.11 bits per heavy atom. The lowest BCUT2D eigenvalue weighted by Gasteiger charge is -2.25. The van der Waals surface area contributed by atoms with Crippen LogP contribution in [0.4, 0.5) is 8.78 Å². The third kappa shape index (κ3) is 2.07. The van der Waals surface area contributed by atoms with Gasteiger partial charge in [0.15, 0.2) is 0 Å². The third-order valence-corrected chi connectivity index (χ3v) is 3.67. The van der Waals surface area contributed by atoms with E-state index in [9.17, 15) is 23.5 Å². The highest BCUT2D eigenvalue weighted by Crippen LogP contribution is 2.43. The first-order valence-corrected chi connectivity index (χ1v) is 5.85. The van der Waals surface area contributed by atoms with Crippen LogP contribution in [-0.4, -0.2) is 22.2 Å². The predicted octanol–water partition coefficient (Wildman–Crippen LogP) is 2.56. The van der Waals surface area contributed by atoms with Gasteiger partial charge in [0.25, 0.3) is 0 Å². The zero-order valence-corrected chi connectivity index (χ0v) is 9.95. The maximum atomic E-state index is 13.9. The molecule has 1 fully saturated rings. The van der Waals surface area contributed by atoms with Crippen molar-refractivity contribution in [1.82, 2.24) is 0 Å². The molecule has 0 aromatic heterocycles. The summed E-state index contributed by atoms with van der Waals surface area (Å²) in [6.07, 6.45) is 1.69. The number of halogens is 2. The van der Waals surface area contributed by atoms with Crippen molar-refractivity contribution in [2.45, 2.75) is 31.1 Å². The summed E-state index contributed by atoms with van der Waals surface area (Å²) in [5, 5.41) is 18.2. The van der Waals surface area contributed by atoms with Crippen molar-refractivity contribution in [2.24, 2.45) is 0 Å². The quantitative estimate of drug-likeness (QED) is 0.885. The van der Waals surface area contributed by atoms with E-state index in [1.54, 1.807) is 0 Å². The highest BCUT2D eigenvalue weighted by Gasteiger charge is 2.45. The number of hydrogen-bond acceptors (Lipinski definition) is 2. The fourth-order valence-corrected chi connectivity index (χ4v) is 2.66. The number of rotatable bonds is 3. The Bertz CT molecular complexity index is 548.